The standard InChI is InChI=1S/C24H23FN2O3S/c1-18-12-14-20(15-13-18)31(29,30)27(23-11-5-3-9-21(23)25)17-24(28)26-16-6-8-19-7-2-4-10-22(19)26/h2-5,7,9-15H,6,8,16-17H2,1H3. The van der Waals surface area contributed by atoms with Gasteiger partial charge in [-0.2, -0.15) is 0 Å². The monoisotopic (exact) mass is 438 g/mol. The van der Waals surface area contributed by atoms with Crippen molar-refractivity contribution >= 4 is 27.3 Å². The lowest BCUT2D eigenvalue weighted by Gasteiger charge is -2.32. The van der Waals surface area contributed by atoms with Crippen LogP contribution in [-0.2, 0) is 21.2 Å². The molecule has 0 saturated heterocycles. The Morgan fingerprint density at radius 2 is 1.68 bits per heavy atom. The second kappa shape index (κ2) is 8.51. The number of hydrogen-bond acceptors (Lipinski definition) is 3. The highest BCUT2D eigenvalue weighted by molar-refractivity contribution is 7.92. The van der Waals surface area contributed by atoms with Crippen molar-refractivity contribution in [1.82, 2.24) is 0 Å². The van der Waals surface area contributed by atoms with Crippen molar-refractivity contribution in [3.05, 3.63) is 89.7 Å². The number of fused-ring (bicyclic) bond motifs is 1. The molecule has 0 radical (unpaired) electrons. The van der Waals surface area contributed by atoms with Crippen molar-refractivity contribution < 1.29 is 17.6 Å². The van der Waals surface area contributed by atoms with Gasteiger partial charge in [-0.25, -0.2) is 12.8 Å². The molecule has 0 unspecified atom stereocenters. The van der Waals surface area contributed by atoms with Crippen molar-refractivity contribution in [2.75, 3.05) is 22.3 Å². The molecule has 7 heteroatoms. The Kier molecular flexibility index (Phi) is 5.78. The van der Waals surface area contributed by atoms with Crippen LogP contribution in [-0.4, -0.2) is 27.4 Å². The van der Waals surface area contributed by atoms with Gasteiger partial charge >= 0.3 is 0 Å². The van der Waals surface area contributed by atoms with Crippen molar-refractivity contribution in [3.8, 4) is 0 Å². The predicted molar refractivity (Wildman–Crippen MR) is 119 cm³/mol. The number of benzene rings is 3. The Bertz CT molecular complexity index is 1210. The van der Waals surface area contributed by atoms with E-state index in [-0.39, 0.29) is 10.6 Å². The Morgan fingerprint density at radius 3 is 2.42 bits per heavy atom. The van der Waals surface area contributed by atoms with Crippen molar-refractivity contribution in [3.63, 3.8) is 0 Å². The molecule has 5 nitrogen and oxygen atoms in total. The first kappa shape index (κ1) is 21.1. The normalized spacial score (nSPS) is 13.5. The van der Waals surface area contributed by atoms with Crippen LogP contribution in [0.1, 0.15) is 17.5 Å². The molecule has 160 valence electrons. The number of anilines is 2. The van der Waals surface area contributed by atoms with Gasteiger partial charge in [0.05, 0.1) is 10.6 Å². The van der Waals surface area contributed by atoms with Gasteiger partial charge in [-0.1, -0.05) is 48.0 Å². The van der Waals surface area contributed by atoms with Gasteiger partial charge in [-0.3, -0.25) is 9.10 Å². The molecule has 1 aliphatic heterocycles. The highest BCUT2D eigenvalue weighted by Crippen LogP contribution is 2.30. The Balaban J connectivity index is 1.73. The molecule has 0 fully saturated rings. The molecule has 1 aliphatic rings. The molecular weight excluding hydrogens is 415 g/mol. The second-order valence-corrected chi connectivity index (χ2v) is 9.42. The average molecular weight is 439 g/mol. The van der Waals surface area contributed by atoms with Gasteiger partial charge in [0.1, 0.15) is 12.4 Å². The van der Waals surface area contributed by atoms with E-state index in [4.69, 9.17) is 0 Å². The van der Waals surface area contributed by atoms with Crippen LogP contribution in [0.25, 0.3) is 0 Å². The molecule has 31 heavy (non-hydrogen) atoms. The van der Waals surface area contributed by atoms with Crippen LogP contribution in [0.4, 0.5) is 15.8 Å². The van der Waals surface area contributed by atoms with E-state index in [1.54, 1.807) is 23.1 Å². The molecule has 4 rings (SSSR count). The lowest BCUT2D eigenvalue weighted by Crippen LogP contribution is -2.45. The average Bonchev–Trinajstić information content (AvgIpc) is 2.78. The fraction of sp³-hybridized carbons (Fsp3) is 0.208. The maximum Gasteiger partial charge on any atom is 0.264 e. The number of carbonyl (C=O) groups is 1. The first-order chi connectivity index (χ1) is 14.9. The van der Waals surface area contributed by atoms with Gasteiger partial charge in [0.25, 0.3) is 10.0 Å². The number of sulfonamides is 1. The van der Waals surface area contributed by atoms with Gasteiger partial charge < -0.3 is 4.90 Å². The summed E-state index contributed by atoms with van der Waals surface area (Å²) in [5.41, 5.74) is 2.57. The third-order valence-electron chi connectivity index (χ3n) is 5.42. The quantitative estimate of drug-likeness (QED) is 0.597. The van der Waals surface area contributed by atoms with E-state index in [1.807, 2.05) is 31.2 Å². The van der Waals surface area contributed by atoms with Gasteiger partial charge in [-0.05, 0) is 55.7 Å². The largest absolute Gasteiger partial charge is 0.311 e. The molecule has 3 aromatic carbocycles. The first-order valence-electron chi connectivity index (χ1n) is 10.1. The Morgan fingerprint density at radius 1 is 1.00 bits per heavy atom. The van der Waals surface area contributed by atoms with Gasteiger partial charge in [0.2, 0.25) is 5.91 Å². The minimum Gasteiger partial charge on any atom is -0.311 e. The van der Waals surface area contributed by atoms with Crippen LogP contribution in [0.3, 0.4) is 0 Å². The summed E-state index contributed by atoms with van der Waals surface area (Å²) in [5, 5.41) is 0. The van der Waals surface area contributed by atoms with Gasteiger partial charge in [0, 0.05) is 12.2 Å². The highest BCUT2D eigenvalue weighted by atomic mass is 32.2. The number of nitrogens with zero attached hydrogens (tertiary/aromatic N) is 2. The van der Waals surface area contributed by atoms with Crippen molar-refractivity contribution in [1.29, 1.82) is 0 Å². The molecule has 3 aromatic rings. The number of hydrogen-bond donors (Lipinski definition) is 0. The molecule has 0 N–H and O–H groups in total. The number of rotatable bonds is 5. The van der Waals surface area contributed by atoms with Crippen molar-refractivity contribution in [2.45, 2.75) is 24.7 Å². The molecule has 0 bridgehead atoms. The van der Waals surface area contributed by atoms with E-state index in [2.05, 4.69) is 0 Å². The summed E-state index contributed by atoms with van der Waals surface area (Å²) in [5.74, 6) is -1.10. The van der Waals surface area contributed by atoms with Crippen LogP contribution >= 0.6 is 0 Å². The number of aryl methyl sites for hydroxylation is 2. The zero-order valence-electron chi connectivity index (χ0n) is 17.2. The Hall–Kier alpha value is -3.19. The molecular formula is C24H23FN2O3S. The van der Waals surface area contributed by atoms with Crippen LogP contribution in [0, 0.1) is 12.7 Å². The van der Waals surface area contributed by atoms with Crippen molar-refractivity contribution in [2.24, 2.45) is 0 Å². The fourth-order valence-electron chi connectivity index (χ4n) is 3.79. The maximum atomic E-state index is 14.7. The van der Waals surface area contributed by atoms with E-state index in [0.29, 0.717) is 6.54 Å². The first-order valence-corrected chi connectivity index (χ1v) is 11.5. The van der Waals surface area contributed by atoms with Crippen LogP contribution in [0.15, 0.2) is 77.7 Å². The zero-order chi connectivity index (χ0) is 22.0. The molecule has 0 atom stereocenters. The summed E-state index contributed by atoms with van der Waals surface area (Å²) < 4.78 is 42.4. The number of amides is 1. The zero-order valence-corrected chi connectivity index (χ0v) is 18.0. The van der Waals surface area contributed by atoms with Crippen LogP contribution in [0.2, 0.25) is 0 Å². The van der Waals surface area contributed by atoms with E-state index >= 15 is 0 Å². The minimum absolute atomic E-state index is 0.00759. The number of para-hydroxylation sites is 2. The third kappa shape index (κ3) is 4.18. The third-order valence-corrected chi connectivity index (χ3v) is 7.19. The molecule has 1 heterocycles. The molecule has 0 spiro atoms. The lowest BCUT2D eigenvalue weighted by molar-refractivity contribution is -0.117. The number of carbonyl (C=O) groups excluding carboxylic acids is 1. The van der Waals surface area contributed by atoms with Crippen LogP contribution < -0.4 is 9.21 Å². The summed E-state index contributed by atoms with van der Waals surface area (Å²) in [6, 6.07) is 19.5. The van der Waals surface area contributed by atoms with Gasteiger partial charge in [0.15, 0.2) is 0 Å². The van der Waals surface area contributed by atoms with Crippen LogP contribution in [0.5, 0.6) is 0 Å². The molecule has 0 aliphatic carbocycles. The topological polar surface area (TPSA) is 57.7 Å². The van der Waals surface area contributed by atoms with E-state index in [0.717, 1.165) is 34.0 Å². The molecule has 0 saturated carbocycles. The van der Waals surface area contributed by atoms with E-state index < -0.39 is 28.3 Å². The molecule has 1 amide bonds. The van der Waals surface area contributed by atoms with E-state index in [1.165, 1.54) is 30.3 Å². The Labute approximate surface area is 181 Å². The molecule has 0 aromatic heterocycles. The summed E-state index contributed by atoms with van der Waals surface area (Å²) in [4.78, 5) is 14.9. The highest BCUT2D eigenvalue weighted by Gasteiger charge is 2.32. The van der Waals surface area contributed by atoms with E-state index in [9.17, 15) is 17.6 Å². The second-order valence-electron chi connectivity index (χ2n) is 7.55. The van der Waals surface area contributed by atoms with Gasteiger partial charge in [-0.15, -0.1) is 0 Å². The SMILES string of the molecule is Cc1ccc(S(=O)(=O)N(CC(=O)N2CCCc3ccccc32)c2ccccc2F)cc1. The minimum atomic E-state index is -4.16. The smallest absolute Gasteiger partial charge is 0.264 e. The summed E-state index contributed by atoms with van der Waals surface area (Å²) in [6.07, 6.45) is 1.64. The number of halogens is 1. The predicted octanol–water partition coefficient (Wildman–Crippen LogP) is 4.31. The fourth-order valence-corrected chi connectivity index (χ4v) is 5.21. The maximum absolute atomic E-state index is 14.7. The summed E-state index contributed by atoms with van der Waals surface area (Å²) in [6.45, 7) is 1.85. The lowest BCUT2D eigenvalue weighted by atomic mass is 10.0. The summed E-state index contributed by atoms with van der Waals surface area (Å²) >= 11 is 0. The summed E-state index contributed by atoms with van der Waals surface area (Å²) in [7, 11) is -4.16.